The van der Waals surface area contributed by atoms with Crippen molar-refractivity contribution in [1.82, 2.24) is 0 Å². The Morgan fingerprint density at radius 1 is 0.960 bits per heavy atom. The summed E-state index contributed by atoms with van der Waals surface area (Å²) in [7, 11) is 0. The molecule has 0 aliphatic carbocycles. The van der Waals surface area contributed by atoms with Crippen LogP contribution in [0.4, 0.5) is 17.1 Å². The van der Waals surface area contributed by atoms with E-state index in [1.165, 1.54) is 6.92 Å². The van der Waals surface area contributed by atoms with Gasteiger partial charge in [-0.25, -0.2) is 0 Å². The van der Waals surface area contributed by atoms with Crippen LogP contribution < -0.4 is 25.4 Å². The second-order valence-corrected chi connectivity index (χ2v) is 5.69. The second kappa shape index (κ2) is 7.12. The molecule has 0 spiro atoms. The summed E-state index contributed by atoms with van der Waals surface area (Å²) in [6, 6.07) is 12.0. The molecular weight excluding hydrogens is 322 g/mol. The quantitative estimate of drug-likeness (QED) is 0.778. The van der Waals surface area contributed by atoms with Gasteiger partial charge in [0.1, 0.15) is 6.04 Å². The number of benzene rings is 2. The fourth-order valence-electron chi connectivity index (χ4n) is 2.43. The molecule has 130 valence electrons. The lowest BCUT2D eigenvalue weighted by molar-refractivity contribution is -0.116. The molecule has 7 nitrogen and oxygen atoms in total. The molecule has 25 heavy (non-hydrogen) atoms. The standard InChI is InChI=1S/C18H19N3O4/c1-11(19-13-4-3-5-14(8-13)20-12(2)22)18(23)21-15-6-7-16-17(9-15)25-10-24-16/h3-9,11,19H,10H2,1-2H3,(H,20,22)(H,21,23)/t11-/m0/s1. The van der Waals surface area contributed by atoms with Crippen LogP contribution in [0, 0.1) is 0 Å². The van der Waals surface area contributed by atoms with Crippen LogP contribution in [0.5, 0.6) is 11.5 Å². The number of carbonyl (C=O) groups is 2. The van der Waals surface area contributed by atoms with E-state index in [0.29, 0.717) is 22.9 Å². The predicted molar refractivity (Wildman–Crippen MR) is 95.0 cm³/mol. The molecule has 1 aliphatic rings. The van der Waals surface area contributed by atoms with E-state index in [1.54, 1.807) is 43.3 Å². The van der Waals surface area contributed by atoms with Crippen molar-refractivity contribution in [3.8, 4) is 11.5 Å². The molecule has 3 rings (SSSR count). The van der Waals surface area contributed by atoms with Gasteiger partial charge in [-0.1, -0.05) is 6.07 Å². The highest BCUT2D eigenvalue weighted by atomic mass is 16.7. The minimum absolute atomic E-state index is 0.147. The number of carbonyl (C=O) groups excluding carboxylic acids is 2. The van der Waals surface area contributed by atoms with Crippen molar-refractivity contribution in [1.29, 1.82) is 0 Å². The molecule has 0 saturated heterocycles. The summed E-state index contributed by atoms with van der Waals surface area (Å²) in [5.74, 6) is 0.940. The SMILES string of the molecule is CC(=O)Nc1cccc(N[C@@H](C)C(=O)Nc2ccc3c(c2)OCO3)c1. The number of rotatable bonds is 5. The van der Waals surface area contributed by atoms with E-state index in [9.17, 15) is 9.59 Å². The molecule has 7 heteroatoms. The van der Waals surface area contributed by atoms with Gasteiger partial charge in [-0.15, -0.1) is 0 Å². The summed E-state index contributed by atoms with van der Waals surface area (Å²) in [6.07, 6.45) is 0. The third-order valence-corrected chi connectivity index (χ3v) is 3.60. The Morgan fingerprint density at radius 2 is 1.68 bits per heavy atom. The third-order valence-electron chi connectivity index (χ3n) is 3.60. The Kier molecular flexibility index (Phi) is 4.74. The molecule has 0 unspecified atom stereocenters. The monoisotopic (exact) mass is 341 g/mol. The highest BCUT2D eigenvalue weighted by Gasteiger charge is 2.17. The topological polar surface area (TPSA) is 88.7 Å². The van der Waals surface area contributed by atoms with Gasteiger partial charge in [-0.2, -0.15) is 0 Å². The maximum Gasteiger partial charge on any atom is 0.246 e. The van der Waals surface area contributed by atoms with Gasteiger partial charge < -0.3 is 25.4 Å². The van der Waals surface area contributed by atoms with Gasteiger partial charge in [0.15, 0.2) is 11.5 Å². The second-order valence-electron chi connectivity index (χ2n) is 5.69. The minimum Gasteiger partial charge on any atom is -0.454 e. The van der Waals surface area contributed by atoms with Crippen LogP contribution in [-0.4, -0.2) is 24.6 Å². The zero-order valence-electron chi connectivity index (χ0n) is 14.0. The summed E-state index contributed by atoms with van der Waals surface area (Å²) in [4.78, 5) is 23.5. The van der Waals surface area contributed by atoms with Crippen LogP contribution in [0.2, 0.25) is 0 Å². The highest BCUT2D eigenvalue weighted by molar-refractivity contribution is 5.96. The van der Waals surface area contributed by atoms with Gasteiger partial charge in [-0.05, 0) is 37.3 Å². The summed E-state index contributed by atoms with van der Waals surface area (Å²) in [6.45, 7) is 3.39. The molecule has 0 bridgehead atoms. The van der Waals surface area contributed by atoms with Crippen LogP contribution in [0.15, 0.2) is 42.5 Å². The van der Waals surface area contributed by atoms with Crippen molar-refractivity contribution in [3.05, 3.63) is 42.5 Å². The van der Waals surface area contributed by atoms with Crippen LogP contribution >= 0.6 is 0 Å². The lowest BCUT2D eigenvalue weighted by atomic mass is 10.2. The maximum atomic E-state index is 12.4. The first-order valence-electron chi connectivity index (χ1n) is 7.86. The normalized spacial score (nSPS) is 13.0. The van der Waals surface area contributed by atoms with Gasteiger partial charge in [0.25, 0.3) is 0 Å². The van der Waals surface area contributed by atoms with Gasteiger partial charge in [0, 0.05) is 30.1 Å². The Balaban J connectivity index is 1.62. The van der Waals surface area contributed by atoms with E-state index in [2.05, 4.69) is 16.0 Å². The molecule has 1 heterocycles. The molecule has 0 aromatic heterocycles. The summed E-state index contributed by atoms with van der Waals surface area (Å²) >= 11 is 0. The predicted octanol–water partition coefficient (Wildman–Crippen LogP) is 2.81. The van der Waals surface area contributed by atoms with E-state index in [-0.39, 0.29) is 18.6 Å². The molecule has 2 aromatic carbocycles. The van der Waals surface area contributed by atoms with E-state index in [0.717, 1.165) is 5.69 Å². The first-order chi connectivity index (χ1) is 12.0. The van der Waals surface area contributed by atoms with Crippen molar-refractivity contribution in [2.45, 2.75) is 19.9 Å². The Labute approximate surface area is 145 Å². The van der Waals surface area contributed by atoms with Crippen LogP contribution in [-0.2, 0) is 9.59 Å². The van der Waals surface area contributed by atoms with E-state index < -0.39 is 6.04 Å². The van der Waals surface area contributed by atoms with Crippen LogP contribution in [0.25, 0.3) is 0 Å². The van der Waals surface area contributed by atoms with Crippen molar-refractivity contribution < 1.29 is 19.1 Å². The zero-order chi connectivity index (χ0) is 17.8. The van der Waals surface area contributed by atoms with Crippen molar-refractivity contribution in [3.63, 3.8) is 0 Å². The molecule has 2 aromatic rings. The van der Waals surface area contributed by atoms with Gasteiger partial charge >= 0.3 is 0 Å². The maximum absolute atomic E-state index is 12.4. The lowest BCUT2D eigenvalue weighted by Crippen LogP contribution is -2.31. The van der Waals surface area contributed by atoms with Gasteiger partial charge in [-0.3, -0.25) is 9.59 Å². The Morgan fingerprint density at radius 3 is 2.48 bits per heavy atom. The fraction of sp³-hybridized carbons (Fsp3) is 0.222. The Hall–Kier alpha value is -3.22. The molecule has 0 fully saturated rings. The fourth-order valence-corrected chi connectivity index (χ4v) is 2.43. The molecule has 2 amide bonds. The summed E-state index contributed by atoms with van der Waals surface area (Å²) < 4.78 is 10.5. The van der Waals surface area contributed by atoms with Crippen molar-refractivity contribution in [2.24, 2.45) is 0 Å². The smallest absolute Gasteiger partial charge is 0.246 e. The molecule has 0 radical (unpaired) electrons. The number of amides is 2. The molecule has 3 N–H and O–H groups in total. The van der Waals surface area contributed by atoms with Gasteiger partial charge in [0.2, 0.25) is 18.6 Å². The number of hydrogen-bond acceptors (Lipinski definition) is 5. The molecule has 0 saturated carbocycles. The number of hydrogen-bond donors (Lipinski definition) is 3. The summed E-state index contributed by atoms with van der Waals surface area (Å²) in [5, 5.41) is 8.65. The number of nitrogens with one attached hydrogen (secondary N) is 3. The number of fused-ring (bicyclic) bond motifs is 1. The summed E-state index contributed by atoms with van der Waals surface area (Å²) in [5.41, 5.74) is 2.04. The van der Waals surface area contributed by atoms with E-state index in [1.807, 2.05) is 6.07 Å². The van der Waals surface area contributed by atoms with Crippen LogP contribution in [0.3, 0.4) is 0 Å². The average Bonchev–Trinajstić information content (AvgIpc) is 3.02. The third kappa shape index (κ3) is 4.20. The highest BCUT2D eigenvalue weighted by Crippen LogP contribution is 2.34. The zero-order valence-corrected chi connectivity index (χ0v) is 14.0. The number of ether oxygens (including phenoxy) is 2. The average molecular weight is 341 g/mol. The molecule has 1 atom stereocenters. The van der Waals surface area contributed by atoms with Crippen LogP contribution in [0.1, 0.15) is 13.8 Å². The van der Waals surface area contributed by atoms with E-state index in [4.69, 9.17) is 9.47 Å². The van der Waals surface area contributed by atoms with Crippen molar-refractivity contribution in [2.75, 3.05) is 22.7 Å². The lowest BCUT2D eigenvalue weighted by Gasteiger charge is -2.16. The van der Waals surface area contributed by atoms with Gasteiger partial charge in [0.05, 0.1) is 0 Å². The molecular formula is C18H19N3O4. The molecule has 1 aliphatic heterocycles. The van der Waals surface area contributed by atoms with E-state index >= 15 is 0 Å². The largest absolute Gasteiger partial charge is 0.454 e. The first kappa shape index (κ1) is 16.6. The number of anilines is 3. The van der Waals surface area contributed by atoms with Crippen molar-refractivity contribution >= 4 is 28.9 Å². The Bertz CT molecular complexity index is 807. The minimum atomic E-state index is -0.474. The first-order valence-corrected chi connectivity index (χ1v) is 7.86.